The van der Waals surface area contributed by atoms with Crippen LogP contribution in [-0.4, -0.2) is 19.7 Å². The van der Waals surface area contributed by atoms with Gasteiger partial charge in [-0.3, -0.25) is 4.79 Å². The molecule has 0 amide bonds. The summed E-state index contributed by atoms with van der Waals surface area (Å²) in [5.41, 5.74) is 1.91. The second-order valence-corrected chi connectivity index (χ2v) is 4.80. The topological polar surface area (TPSA) is 35.5 Å². The molecule has 0 aliphatic rings. The van der Waals surface area contributed by atoms with Crippen molar-refractivity contribution in [2.45, 2.75) is 18.7 Å². The number of halogens is 2. The van der Waals surface area contributed by atoms with Crippen molar-refractivity contribution in [2.24, 2.45) is 0 Å². The van der Waals surface area contributed by atoms with Crippen LogP contribution in [0.4, 0.5) is 0 Å². The molecule has 0 N–H and O–H groups in total. The number of benzene rings is 1. The summed E-state index contributed by atoms with van der Waals surface area (Å²) in [7, 11) is 1.62. The van der Waals surface area contributed by atoms with Crippen molar-refractivity contribution in [3.63, 3.8) is 0 Å². The van der Waals surface area contributed by atoms with Crippen LogP contribution in [0.5, 0.6) is 5.75 Å². The molecule has 1 aromatic rings. The highest BCUT2D eigenvalue weighted by molar-refractivity contribution is 9.10. The van der Waals surface area contributed by atoms with E-state index >= 15 is 0 Å². The first-order chi connectivity index (χ1) is 8.12. The van der Waals surface area contributed by atoms with Crippen molar-refractivity contribution < 1.29 is 14.3 Å². The van der Waals surface area contributed by atoms with E-state index in [9.17, 15) is 4.79 Å². The van der Waals surface area contributed by atoms with Crippen LogP contribution in [0.3, 0.4) is 0 Å². The highest BCUT2D eigenvalue weighted by atomic mass is 79.9. The van der Waals surface area contributed by atoms with Crippen LogP contribution in [0, 0.1) is 0 Å². The molecule has 0 heterocycles. The van der Waals surface area contributed by atoms with Crippen LogP contribution in [0.1, 0.15) is 18.1 Å². The van der Waals surface area contributed by atoms with Gasteiger partial charge in [-0.05, 0) is 34.5 Å². The molecular formula is C12H14Br2O3. The Morgan fingerprint density at radius 2 is 2.12 bits per heavy atom. The number of rotatable bonds is 5. The molecule has 0 atom stereocenters. The van der Waals surface area contributed by atoms with E-state index in [1.807, 2.05) is 12.1 Å². The fourth-order valence-corrected chi connectivity index (χ4v) is 2.65. The molecule has 5 heteroatoms. The summed E-state index contributed by atoms with van der Waals surface area (Å²) in [4.78, 5) is 11.4. The van der Waals surface area contributed by atoms with Gasteiger partial charge >= 0.3 is 5.97 Å². The van der Waals surface area contributed by atoms with E-state index in [-0.39, 0.29) is 12.4 Å². The number of hydrogen-bond donors (Lipinski definition) is 0. The lowest BCUT2D eigenvalue weighted by Crippen LogP contribution is -2.08. The van der Waals surface area contributed by atoms with Crippen LogP contribution >= 0.6 is 31.9 Å². The molecule has 0 radical (unpaired) electrons. The highest BCUT2D eigenvalue weighted by Crippen LogP contribution is 2.32. The average Bonchev–Trinajstić information content (AvgIpc) is 2.28. The van der Waals surface area contributed by atoms with E-state index in [1.165, 1.54) is 0 Å². The maximum Gasteiger partial charge on any atom is 0.310 e. The van der Waals surface area contributed by atoms with Crippen molar-refractivity contribution in [1.29, 1.82) is 0 Å². The number of esters is 1. The van der Waals surface area contributed by atoms with Gasteiger partial charge in [0.2, 0.25) is 0 Å². The van der Waals surface area contributed by atoms with Gasteiger partial charge < -0.3 is 9.47 Å². The van der Waals surface area contributed by atoms with Crippen LogP contribution in [0.2, 0.25) is 0 Å². The predicted octanol–water partition coefficient (Wildman–Crippen LogP) is 3.46. The van der Waals surface area contributed by atoms with Crippen molar-refractivity contribution in [3.8, 4) is 5.75 Å². The smallest absolute Gasteiger partial charge is 0.310 e. The molecule has 0 saturated carbocycles. The number of ether oxygens (including phenoxy) is 2. The molecule has 0 aliphatic heterocycles. The second kappa shape index (κ2) is 7.01. The summed E-state index contributed by atoms with van der Waals surface area (Å²) in [6.45, 7) is 2.20. The monoisotopic (exact) mass is 364 g/mol. The van der Waals surface area contributed by atoms with Gasteiger partial charge in [0, 0.05) is 10.9 Å². The Labute approximate surface area is 118 Å². The molecule has 0 bridgehead atoms. The lowest BCUT2D eigenvalue weighted by molar-refractivity contribution is -0.142. The van der Waals surface area contributed by atoms with Gasteiger partial charge in [-0.1, -0.05) is 22.0 Å². The maximum absolute atomic E-state index is 11.4. The predicted molar refractivity (Wildman–Crippen MR) is 73.7 cm³/mol. The molecule has 0 spiro atoms. The molecule has 0 aliphatic carbocycles. The SMILES string of the molecule is CCOC(=O)Cc1cc(Br)c(OC)c(CBr)c1. The third-order valence-electron chi connectivity index (χ3n) is 2.18. The number of hydrogen-bond acceptors (Lipinski definition) is 3. The molecule has 0 aromatic heterocycles. The zero-order valence-electron chi connectivity index (χ0n) is 9.76. The number of methoxy groups -OCH3 is 1. The first-order valence-electron chi connectivity index (χ1n) is 5.19. The van der Waals surface area contributed by atoms with Gasteiger partial charge in [0.25, 0.3) is 0 Å². The Balaban J connectivity index is 2.95. The standard InChI is InChI=1S/C12H14Br2O3/c1-3-17-11(15)6-8-4-9(7-13)12(16-2)10(14)5-8/h4-5H,3,6-7H2,1-2H3. The molecule has 0 fully saturated rings. The second-order valence-electron chi connectivity index (χ2n) is 3.39. The van der Waals surface area contributed by atoms with Gasteiger partial charge in [0.1, 0.15) is 5.75 Å². The van der Waals surface area contributed by atoms with E-state index in [0.29, 0.717) is 11.9 Å². The van der Waals surface area contributed by atoms with Crippen molar-refractivity contribution in [3.05, 3.63) is 27.7 Å². The molecule has 94 valence electrons. The quantitative estimate of drug-likeness (QED) is 0.592. The van der Waals surface area contributed by atoms with Crippen LogP contribution < -0.4 is 4.74 Å². The van der Waals surface area contributed by atoms with E-state index in [4.69, 9.17) is 9.47 Å². The molecule has 0 saturated heterocycles. The van der Waals surface area contributed by atoms with Gasteiger partial charge in [0.05, 0.1) is 24.6 Å². The molecule has 1 aromatic carbocycles. The van der Waals surface area contributed by atoms with Crippen LogP contribution in [-0.2, 0) is 21.3 Å². The Bertz CT molecular complexity index is 405. The fraction of sp³-hybridized carbons (Fsp3) is 0.417. The Kier molecular flexibility index (Phi) is 5.98. The van der Waals surface area contributed by atoms with E-state index < -0.39 is 0 Å². The van der Waals surface area contributed by atoms with Crippen LogP contribution in [0.25, 0.3) is 0 Å². The van der Waals surface area contributed by atoms with Crippen molar-refractivity contribution in [1.82, 2.24) is 0 Å². The lowest BCUT2D eigenvalue weighted by Gasteiger charge is -2.11. The third-order valence-corrected chi connectivity index (χ3v) is 3.38. The normalized spacial score (nSPS) is 10.1. The summed E-state index contributed by atoms with van der Waals surface area (Å²) in [6.07, 6.45) is 0.274. The summed E-state index contributed by atoms with van der Waals surface area (Å²) in [5.74, 6) is 0.569. The van der Waals surface area contributed by atoms with Gasteiger partial charge in [-0.25, -0.2) is 0 Å². The minimum absolute atomic E-state index is 0.218. The zero-order chi connectivity index (χ0) is 12.8. The summed E-state index contributed by atoms with van der Waals surface area (Å²) >= 11 is 6.83. The number of carbonyl (C=O) groups is 1. The molecular weight excluding hydrogens is 352 g/mol. The summed E-state index contributed by atoms with van der Waals surface area (Å²) in [5, 5.41) is 0.672. The van der Waals surface area contributed by atoms with Crippen LogP contribution in [0.15, 0.2) is 16.6 Å². The number of alkyl halides is 1. The molecule has 1 rings (SSSR count). The minimum Gasteiger partial charge on any atom is -0.495 e. The molecule has 3 nitrogen and oxygen atoms in total. The zero-order valence-corrected chi connectivity index (χ0v) is 12.9. The van der Waals surface area contributed by atoms with Gasteiger partial charge in [-0.2, -0.15) is 0 Å². The maximum atomic E-state index is 11.4. The average molecular weight is 366 g/mol. The Morgan fingerprint density at radius 1 is 1.41 bits per heavy atom. The van der Waals surface area contributed by atoms with Gasteiger partial charge in [-0.15, -0.1) is 0 Å². The number of carbonyl (C=O) groups excluding carboxylic acids is 1. The van der Waals surface area contributed by atoms with E-state index in [2.05, 4.69) is 31.9 Å². The van der Waals surface area contributed by atoms with E-state index in [0.717, 1.165) is 21.3 Å². The van der Waals surface area contributed by atoms with Crippen molar-refractivity contribution >= 4 is 37.8 Å². The largest absolute Gasteiger partial charge is 0.495 e. The lowest BCUT2D eigenvalue weighted by atomic mass is 10.1. The highest BCUT2D eigenvalue weighted by Gasteiger charge is 2.11. The van der Waals surface area contributed by atoms with Crippen molar-refractivity contribution in [2.75, 3.05) is 13.7 Å². The summed E-state index contributed by atoms with van der Waals surface area (Å²) < 4.78 is 11.0. The molecule has 17 heavy (non-hydrogen) atoms. The fourth-order valence-electron chi connectivity index (χ4n) is 1.52. The minimum atomic E-state index is -0.218. The van der Waals surface area contributed by atoms with Gasteiger partial charge in [0.15, 0.2) is 0 Å². The Hall–Kier alpha value is -0.550. The summed E-state index contributed by atoms with van der Waals surface area (Å²) in [6, 6.07) is 3.82. The first kappa shape index (κ1) is 14.5. The third kappa shape index (κ3) is 4.00. The first-order valence-corrected chi connectivity index (χ1v) is 7.10. The molecule has 0 unspecified atom stereocenters. The van der Waals surface area contributed by atoms with E-state index in [1.54, 1.807) is 14.0 Å². The Morgan fingerprint density at radius 3 is 2.65 bits per heavy atom.